The normalized spacial score (nSPS) is 25.7. The fourth-order valence-electron chi connectivity index (χ4n) is 3.66. The molecule has 1 saturated carbocycles. The second kappa shape index (κ2) is 6.02. The van der Waals surface area contributed by atoms with Crippen molar-refractivity contribution >= 4 is 18.0 Å². The second-order valence-corrected chi connectivity index (χ2v) is 7.38. The molecule has 0 bridgehead atoms. The first-order chi connectivity index (χ1) is 10.6. The number of methoxy groups -OCH3 is 2. The standard InChI is InChI=1S/C16H25NO6/c1-15(2,3)23-14(20)17-8-10-6-16(12(18)21-4,13(19)22-5)7-11(10)9-17/h10-11H,6-9H2,1-5H3. The Kier molecular flexibility index (Phi) is 4.59. The Labute approximate surface area is 136 Å². The van der Waals surface area contributed by atoms with Gasteiger partial charge in [-0.15, -0.1) is 0 Å². The van der Waals surface area contributed by atoms with Crippen LogP contribution < -0.4 is 0 Å². The minimum Gasteiger partial charge on any atom is -0.468 e. The zero-order chi connectivity index (χ0) is 17.4. The number of esters is 2. The van der Waals surface area contributed by atoms with Gasteiger partial charge in [0.15, 0.2) is 5.41 Å². The number of carbonyl (C=O) groups is 3. The monoisotopic (exact) mass is 327 g/mol. The number of nitrogens with zero attached hydrogens (tertiary/aromatic N) is 1. The maximum atomic E-state index is 12.2. The first kappa shape index (κ1) is 17.6. The first-order valence-corrected chi connectivity index (χ1v) is 7.77. The van der Waals surface area contributed by atoms with Crippen LogP contribution >= 0.6 is 0 Å². The maximum absolute atomic E-state index is 12.2. The van der Waals surface area contributed by atoms with Gasteiger partial charge in [-0.3, -0.25) is 9.59 Å². The molecule has 2 unspecified atom stereocenters. The Balaban J connectivity index is 2.07. The van der Waals surface area contributed by atoms with E-state index in [2.05, 4.69) is 0 Å². The van der Waals surface area contributed by atoms with Gasteiger partial charge in [-0.1, -0.05) is 0 Å². The third kappa shape index (κ3) is 3.28. The van der Waals surface area contributed by atoms with Gasteiger partial charge in [0.1, 0.15) is 5.60 Å². The lowest BCUT2D eigenvalue weighted by atomic mass is 9.84. The van der Waals surface area contributed by atoms with Crippen LogP contribution in [-0.2, 0) is 23.8 Å². The van der Waals surface area contributed by atoms with E-state index in [4.69, 9.17) is 14.2 Å². The summed E-state index contributed by atoms with van der Waals surface area (Å²) in [5.41, 5.74) is -1.78. The molecule has 0 radical (unpaired) electrons. The van der Waals surface area contributed by atoms with E-state index in [1.54, 1.807) is 4.90 Å². The highest BCUT2D eigenvalue weighted by Gasteiger charge is 2.59. The summed E-state index contributed by atoms with van der Waals surface area (Å²) in [6, 6.07) is 0. The molecule has 0 N–H and O–H groups in total. The molecule has 1 aliphatic carbocycles. The summed E-state index contributed by atoms with van der Waals surface area (Å²) in [6.45, 7) is 6.43. The number of rotatable bonds is 2. The summed E-state index contributed by atoms with van der Waals surface area (Å²) in [5, 5.41) is 0. The van der Waals surface area contributed by atoms with Crippen molar-refractivity contribution in [2.75, 3.05) is 27.3 Å². The molecule has 7 heteroatoms. The minimum atomic E-state index is -1.24. The smallest absolute Gasteiger partial charge is 0.410 e. The van der Waals surface area contributed by atoms with Crippen LogP contribution in [0.2, 0.25) is 0 Å². The lowest BCUT2D eigenvalue weighted by molar-refractivity contribution is -0.169. The van der Waals surface area contributed by atoms with Crippen LogP contribution in [0, 0.1) is 17.3 Å². The molecule has 0 aromatic rings. The Hall–Kier alpha value is -1.79. The number of hydrogen-bond donors (Lipinski definition) is 0. The van der Waals surface area contributed by atoms with Gasteiger partial charge in [-0.2, -0.15) is 0 Å². The van der Waals surface area contributed by atoms with Crippen molar-refractivity contribution < 1.29 is 28.6 Å². The molecule has 1 amide bonds. The lowest BCUT2D eigenvalue weighted by Crippen LogP contribution is -2.42. The number of likely N-dealkylation sites (tertiary alicyclic amines) is 1. The van der Waals surface area contributed by atoms with Crippen LogP contribution in [0.15, 0.2) is 0 Å². The zero-order valence-electron chi connectivity index (χ0n) is 14.4. The van der Waals surface area contributed by atoms with Crippen molar-refractivity contribution in [3.05, 3.63) is 0 Å². The summed E-state index contributed by atoms with van der Waals surface area (Å²) in [7, 11) is 2.54. The molecule has 1 saturated heterocycles. The molecule has 1 aliphatic heterocycles. The summed E-state index contributed by atoms with van der Waals surface area (Å²) < 4.78 is 15.0. The van der Waals surface area contributed by atoms with Gasteiger partial charge < -0.3 is 19.1 Å². The molecule has 23 heavy (non-hydrogen) atoms. The quantitative estimate of drug-likeness (QED) is 0.435. The average molecular weight is 327 g/mol. The van der Waals surface area contributed by atoms with Crippen molar-refractivity contribution in [1.82, 2.24) is 4.90 Å². The topological polar surface area (TPSA) is 82.1 Å². The number of carbonyl (C=O) groups excluding carboxylic acids is 3. The lowest BCUT2D eigenvalue weighted by Gasteiger charge is -2.27. The van der Waals surface area contributed by atoms with Gasteiger partial charge in [0.2, 0.25) is 0 Å². The predicted molar refractivity (Wildman–Crippen MR) is 80.5 cm³/mol. The van der Waals surface area contributed by atoms with Crippen LogP contribution in [0.1, 0.15) is 33.6 Å². The van der Waals surface area contributed by atoms with Crippen LogP contribution in [0.5, 0.6) is 0 Å². The first-order valence-electron chi connectivity index (χ1n) is 7.77. The Morgan fingerprint density at radius 1 is 0.957 bits per heavy atom. The highest BCUT2D eigenvalue weighted by Crippen LogP contribution is 2.50. The number of amides is 1. The summed E-state index contributed by atoms with van der Waals surface area (Å²) in [5.74, 6) is -0.966. The fraction of sp³-hybridized carbons (Fsp3) is 0.812. The molecular weight excluding hydrogens is 302 g/mol. The van der Waals surface area contributed by atoms with Crippen molar-refractivity contribution in [2.45, 2.75) is 39.2 Å². The van der Waals surface area contributed by atoms with Crippen molar-refractivity contribution in [2.24, 2.45) is 17.3 Å². The number of fused-ring (bicyclic) bond motifs is 1. The van der Waals surface area contributed by atoms with Crippen molar-refractivity contribution in [3.8, 4) is 0 Å². The highest BCUT2D eigenvalue weighted by molar-refractivity contribution is 6.00. The molecule has 7 nitrogen and oxygen atoms in total. The van der Waals surface area contributed by atoms with Gasteiger partial charge >= 0.3 is 18.0 Å². The van der Waals surface area contributed by atoms with E-state index >= 15 is 0 Å². The van der Waals surface area contributed by atoms with E-state index in [0.717, 1.165) is 0 Å². The molecule has 2 aliphatic rings. The third-order valence-electron chi connectivity index (χ3n) is 4.60. The molecule has 2 rings (SSSR count). The van der Waals surface area contributed by atoms with Gasteiger partial charge in [-0.05, 0) is 45.4 Å². The molecule has 0 spiro atoms. The highest BCUT2D eigenvalue weighted by atomic mass is 16.6. The van der Waals surface area contributed by atoms with Crippen LogP contribution in [0.3, 0.4) is 0 Å². The van der Waals surface area contributed by atoms with E-state index in [9.17, 15) is 14.4 Å². The molecule has 2 atom stereocenters. The average Bonchev–Trinajstić information content (AvgIpc) is 3.00. The van der Waals surface area contributed by atoms with E-state index in [1.165, 1.54) is 14.2 Å². The van der Waals surface area contributed by atoms with Gasteiger partial charge in [0.25, 0.3) is 0 Å². The van der Waals surface area contributed by atoms with Gasteiger partial charge in [0.05, 0.1) is 14.2 Å². The van der Waals surface area contributed by atoms with E-state index in [1.807, 2.05) is 20.8 Å². The van der Waals surface area contributed by atoms with E-state index in [0.29, 0.717) is 25.9 Å². The van der Waals surface area contributed by atoms with Crippen molar-refractivity contribution in [3.63, 3.8) is 0 Å². The molecular formula is C16H25NO6. The largest absolute Gasteiger partial charge is 0.468 e. The summed E-state index contributed by atoms with van der Waals surface area (Å²) in [4.78, 5) is 38.1. The predicted octanol–water partition coefficient (Wildman–Crippen LogP) is 1.60. The molecule has 2 fully saturated rings. The third-order valence-corrected chi connectivity index (χ3v) is 4.60. The number of ether oxygens (including phenoxy) is 3. The van der Waals surface area contributed by atoms with Gasteiger partial charge in [-0.25, -0.2) is 4.79 Å². The molecule has 0 aromatic heterocycles. The second-order valence-electron chi connectivity index (χ2n) is 7.38. The minimum absolute atomic E-state index is 0.0701. The molecule has 0 aromatic carbocycles. The zero-order valence-corrected chi connectivity index (χ0v) is 14.4. The Morgan fingerprint density at radius 2 is 1.39 bits per heavy atom. The Bertz CT molecular complexity index is 477. The van der Waals surface area contributed by atoms with Crippen LogP contribution in [0.4, 0.5) is 4.79 Å². The fourth-order valence-corrected chi connectivity index (χ4v) is 3.66. The van der Waals surface area contributed by atoms with E-state index in [-0.39, 0.29) is 17.9 Å². The van der Waals surface area contributed by atoms with Crippen molar-refractivity contribution in [1.29, 1.82) is 0 Å². The van der Waals surface area contributed by atoms with Crippen LogP contribution in [-0.4, -0.2) is 55.8 Å². The maximum Gasteiger partial charge on any atom is 0.410 e. The summed E-state index contributed by atoms with van der Waals surface area (Å²) in [6.07, 6.45) is 0.334. The number of hydrogen-bond acceptors (Lipinski definition) is 6. The summed E-state index contributed by atoms with van der Waals surface area (Å²) >= 11 is 0. The van der Waals surface area contributed by atoms with Gasteiger partial charge in [0, 0.05) is 13.1 Å². The molecule has 1 heterocycles. The van der Waals surface area contributed by atoms with Crippen LogP contribution in [0.25, 0.3) is 0 Å². The van der Waals surface area contributed by atoms with E-state index < -0.39 is 23.0 Å². The SMILES string of the molecule is COC(=O)C1(C(=O)OC)CC2CN(C(=O)OC(C)(C)C)CC2C1. The Morgan fingerprint density at radius 3 is 1.74 bits per heavy atom. The molecule has 130 valence electrons.